The van der Waals surface area contributed by atoms with Crippen LogP contribution in [0.25, 0.3) is 0 Å². The first-order valence-electron chi connectivity index (χ1n) is 6.79. The standard InChI is InChI=1S/C14H19F2N3O/c15-10-4-5-12(16)13(9-10)19-14(17)18-7-6-11-3-1-2-8-20-11/h4-5,9,11H,1-3,6-8H2,(H3,17,18,19). The van der Waals surface area contributed by atoms with Gasteiger partial charge in [0.15, 0.2) is 5.96 Å². The zero-order valence-electron chi connectivity index (χ0n) is 11.2. The second kappa shape index (κ2) is 7.19. The van der Waals surface area contributed by atoms with Gasteiger partial charge < -0.3 is 15.8 Å². The number of aliphatic imine (C=N–C) groups is 1. The number of nitrogens with zero attached hydrogens (tertiary/aromatic N) is 1. The molecule has 1 aromatic rings. The Kier molecular flexibility index (Phi) is 5.29. The van der Waals surface area contributed by atoms with Gasteiger partial charge in [-0.3, -0.25) is 4.99 Å². The van der Waals surface area contributed by atoms with Crippen molar-refractivity contribution in [2.75, 3.05) is 18.5 Å². The number of hydrogen-bond donors (Lipinski definition) is 2. The Hall–Kier alpha value is -1.69. The highest BCUT2D eigenvalue weighted by molar-refractivity contribution is 5.92. The van der Waals surface area contributed by atoms with E-state index in [0.717, 1.165) is 44.1 Å². The van der Waals surface area contributed by atoms with Crippen molar-refractivity contribution in [1.29, 1.82) is 0 Å². The van der Waals surface area contributed by atoms with E-state index in [9.17, 15) is 8.78 Å². The molecule has 3 N–H and O–H groups in total. The van der Waals surface area contributed by atoms with E-state index >= 15 is 0 Å². The van der Waals surface area contributed by atoms with Crippen molar-refractivity contribution in [3.05, 3.63) is 29.8 Å². The fraction of sp³-hybridized carbons (Fsp3) is 0.500. The summed E-state index contributed by atoms with van der Waals surface area (Å²) in [6, 6.07) is 3.14. The molecule has 0 spiro atoms. The van der Waals surface area contributed by atoms with Crippen molar-refractivity contribution in [2.45, 2.75) is 31.8 Å². The fourth-order valence-electron chi connectivity index (χ4n) is 2.13. The Morgan fingerprint density at radius 1 is 1.40 bits per heavy atom. The van der Waals surface area contributed by atoms with Gasteiger partial charge in [-0.1, -0.05) is 0 Å². The summed E-state index contributed by atoms with van der Waals surface area (Å²) in [5.41, 5.74) is 5.64. The van der Waals surface area contributed by atoms with E-state index in [1.165, 1.54) is 6.42 Å². The maximum Gasteiger partial charge on any atom is 0.193 e. The van der Waals surface area contributed by atoms with Crippen molar-refractivity contribution in [2.24, 2.45) is 10.7 Å². The van der Waals surface area contributed by atoms with Crippen LogP contribution in [-0.2, 0) is 4.74 Å². The number of halogens is 2. The minimum Gasteiger partial charge on any atom is -0.378 e. The number of anilines is 1. The second-order valence-electron chi connectivity index (χ2n) is 4.79. The predicted octanol–water partition coefficient (Wildman–Crippen LogP) is 2.65. The number of hydrogen-bond acceptors (Lipinski definition) is 2. The lowest BCUT2D eigenvalue weighted by Crippen LogP contribution is -2.25. The topological polar surface area (TPSA) is 59.6 Å². The van der Waals surface area contributed by atoms with Crippen LogP contribution in [0.5, 0.6) is 0 Å². The maximum absolute atomic E-state index is 13.4. The third-order valence-electron chi connectivity index (χ3n) is 3.20. The molecule has 20 heavy (non-hydrogen) atoms. The molecule has 0 aromatic heterocycles. The first kappa shape index (κ1) is 14.7. The van der Waals surface area contributed by atoms with Gasteiger partial charge in [0.2, 0.25) is 0 Å². The summed E-state index contributed by atoms with van der Waals surface area (Å²) in [6.07, 6.45) is 4.35. The molecule has 0 bridgehead atoms. The van der Waals surface area contributed by atoms with Crippen LogP contribution in [0.3, 0.4) is 0 Å². The minimum atomic E-state index is -0.569. The second-order valence-corrected chi connectivity index (χ2v) is 4.79. The summed E-state index contributed by atoms with van der Waals surface area (Å²) in [6.45, 7) is 1.30. The van der Waals surface area contributed by atoms with Crippen molar-refractivity contribution >= 4 is 11.6 Å². The third-order valence-corrected chi connectivity index (χ3v) is 3.20. The highest BCUT2D eigenvalue weighted by Gasteiger charge is 2.13. The minimum absolute atomic E-state index is 0.0137. The average Bonchev–Trinajstić information content (AvgIpc) is 2.44. The van der Waals surface area contributed by atoms with Crippen LogP contribution >= 0.6 is 0 Å². The van der Waals surface area contributed by atoms with E-state index in [1.54, 1.807) is 0 Å². The average molecular weight is 283 g/mol. The summed E-state index contributed by atoms with van der Waals surface area (Å²) in [5, 5.41) is 2.56. The Morgan fingerprint density at radius 2 is 2.25 bits per heavy atom. The van der Waals surface area contributed by atoms with Gasteiger partial charge >= 0.3 is 0 Å². The third kappa shape index (κ3) is 4.45. The molecule has 110 valence electrons. The molecule has 0 aliphatic carbocycles. The number of nitrogens with two attached hydrogens (primary N) is 1. The van der Waals surface area contributed by atoms with E-state index in [2.05, 4.69) is 10.3 Å². The number of nitrogens with one attached hydrogen (secondary N) is 1. The molecule has 1 atom stereocenters. The van der Waals surface area contributed by atoms with Gasteiger partial charge in [-0.2, -0.15) is 0 Å². The molecule has 2 rings (SSSR count). The van der Waals surface area contributed by atoms with Crippen molar-refractivity contribution in [1.82, 2.24) is 0 Å². The normalized spacial score (nSPS) is 19.9. The van der Waals surface area contributed by atoms with Crippen LogP contribution in [0.4, 0.5) is 14.5 Å². The lowest BCUT2D eigenvalue weighted by atomic mass is 10.1. The molecule has 6 heteroatoms. The largest absolute Gasteiger partial charge is 0.378 e. The predicted molar refractivity (Wildman–Crippen MR) is 74.7 cm³/mol. The number of guanidine groups is 1. The number of benzene rings is 1. The van der Waals surface area contributed by atoms with Crippen LogP contribution < -0.4 is 11.1 Å². The van der Waals surface area contributed by atoms with Crippen molar-refractivity contribution < 1.29 is 13.5 Å². The fourth-order valence-corrected chi connectivity index (χ4v) is 2.13. The van der Waals surface area contributed by atoms with E-state index in [4.69, 9.17) is 10.5 Å². The zero-order valence-corrected chi connectivity index (χ0v) is 11.2. The highest BCUT2D eigenvalue weighted by Crippen LogP contribution is 2.16. The van der Waals surface area contributed by atoms with Crippen LogP contribution in [-0.4, -0.2) is 25.2 Å². The molecule has 1 heterocycles. The number of ether oxygens (including phenoxy) is 1. The van der Waals surface area contributed by atoms with Crippen LogP contribution in [0, 0.1) is 11.6 Å². The zero-order chi connectivity index (χ0) is 14.4. The van der Waals surface area contributed by atoms with E-state index in [1.807, 2.05) is 0 Å². The first-order chi connectivity index (χ1) is 9.65. The Bertz CT molecular complexity index is 473. The van der Waals surface area contributed by atoms with E-state index < -0.39 is 11.6 Å². The molecule has 1 aliphatic rings. The summed E-state index contributed by atoms with van der Waals surface area (Å²) < 4.78 is 31.9. The van der Waals surface area contributed by atoms with Crippen LogP contribution in [0.2, 0.25) is 0 Å². The maximum atomic E-state index is 13.4. The molecule has 4 nitrogen and oxygen atoms in total. The van der Waals surface area contributed by atoms with E-state index in [-0.39, 0.29) is 17.8 Å². The molecule has 1 aromatic carbocycles. The molecule has 1 fully saturated rings. The first-order valence-corrected chi connectivity index (χ1v) is 6.79. The Morgan fingerprint density at radius 3 is 3.00 bits per heavy atom. The monoisotopic (exact) mass is 283 g/mol. The lowest BCUT2D eigenvalue weighted by Gasteiger charge is -2.21. The molecule has 0 saturated carbocycles. The Labute approximate surface area is 117 Å². The Balaban J connectivity index is 1.82. The van der Waals surface area contributed by atoms with Gasteiger partial charge in [0.05, 0.1) is 11.8 Å². The quantitative estimate of drug-likeness (QED) is 0.659. The summed E-state index contributed by atoms with van der Waals surface area (Å²) in [5.74, 6) is -1.03. The van der Waals surface area contributed by atoms with Crippen molar-refractivity contribution in [3.63, 3.8) is 0 Å². The number of rotatable bonds is 4. The van der Waals surface area contributed by atoms with Crippen LogP contribution in [0.1, 0.15) is 25.7 Å². The smallest absolute Gasteiger partial charge is 0.193 e. The molecule has 1 saturated heterocycles. The molecule has 1 unspecified atom stereocenters. The molecule has 0 amide bonds. The summed E-state index contributed by atoms with van der Waals surface area (Å²) >= 11 is 0. The highest BCUT2D eigenvalue weighted by atomic mass is 19.1. The lowest BCUT2D eigenvalue weighted by molar-refractivity contribution is 0.0129. The van der Waals surface area contributed by atoms with Gasteiger partial charge in [-0.25, -0.2) is 8.78 Å². The summed E-state index contributed by atoms with van der Waals surface area (Å²) in [4.78, 5) is 4.10. The van der Waals surface area contributed by atoms with Gasteiger partial charge in [0.1, 0.15) is 11.6 Å². The van der Waals surface area contributed by atoms with Gasteiger partial charge in [-0.15, -0.1) is 0 Å². The van der Waals surface area contributed by atoms with Gasteiger partial charge in [0.25, 0.3) is 0 Å². The molecular weight excluding hydrogens is 264 g/mol. The SMILES string of the molecule is NC(=NCCC1CCCCO1)Nc1cc(F)ccc1F. The summed E-state index contributed by atoms with van der Waals surface area (Å²) in [7, 11) is 0. The van der Waals surface area contributed by atoms with Crippen LogP contribution in [0.15, 0.2) is 23.2 Å². The van der Waals surface area contributed by atoms with E-state index in [0.29, 0.717) is 6.54 Å². The molecule has 1 aliphatic heterocycles. The van der Waals surface area contributed by atoms with Gasteiger partial charge in [0, 0.05) is 19.2 Å². The molecular formula is C14H19F2N3O. The molecule has 0 radical (unpaired) electrons. The van der Waals surface area contributed by atoms with Gasteiger partial charge in [-0.05, 0) is 37.8 Å². The van der Waals surface area contributed by atoms with Crippen molar-refractivity contribution in [3.8, 4) is 0 Å².